The molecule has 0 spiro atoms. The van der Waals surface area contributed by atoms with Gasteiger partial charge in [0.15, 0.2) is 0 Å². The quantitative estimate of drug-likeness (QED) is 0.365. The van der Waals surface area contributed by atoms with E-state index < -0.39 is 0 Å². The maximum absolute atomic E-state index is 12.5. The lowest BCUT2D eigenvalue weighted by molar-refractivity contribution is 0.0947. The molecule has 3 aromatic carbocycles. The monoisotopic (exact) mass is 484 g/mol. The first-order chi connectivity index (χ1) is 17.4. The number of nitrogens with one attached hydrogen (secondary N) is 1. The Labute approximate surface area is 216 Å². The van der Waals surface area contributed by atoms with Gasteiger partial charge in [-0.1, -0.05) is 75.4 Å². The molecule has 4 rings (SSSR count). The zero-order valence-electron chi connectivity index (χ0n) is 22.0. The second kappa shape index (κ2) is 12.2. The van der Waals surface area contributed by atoms with E-state index in [1.807, 2.05) is 24.3 Å². The third-order valence-electron chi connectivity index (χ3n) is 7.07. The summed E-state index contributed by atoms with van der Waals surface area (Å²) in [6, 6.07) is 27.0. The van der Waals surface area contributed by atoms with Gasteiger partial charge in [0.25, 0.3) is 5.91 Å². The van der Waals surface area contributed by atoms with Crippen LogP contribution in [0.15, 0.2) is 78.9 Å². The van der Waals surface area contributed by atoms with Crippen molar-refractivity contribution in [1.82, 2.24) is 10.2 Å². The van der Waals surface area contributed by atoms with Crippen LogP contribution in [0.5, 0.6) is 5.75 Å². The number of likely N-dealkylation sites (tertiary alicyclic amines) is 1. The van der Waals surface area contributed by atoms with E-state index in [9.17, 15) is 4.79 Å². The average Bonchev–Trinajstić information content (AvgIpc) is 2.88. The largest absolute Gasteiger partial charge is 0.492 e. The molecule has 3 aromatic rings. The van der Waals surface area contributed by atoms with Gasteiger partial charge in [0.05, 0.1) is 6.54 Å². The molecule has 1 aliphatic heterocycles. The minimum Gasteiger partial charge on any atom is -0.492 e. The first-order valence-corrected chi connectivity index (χ1v) is 13.2. The molecule has 1 aliphatic rings. The smallest absolute Gasteiger partial charge is 0.251 e. The van der Waals surface area contributed by atoms with E-state index in [2.05, 4.69) is 85.6 Å². The number of piperidine rings is 1. The van der Waals surface area contributed by atoms with Crippen LogP contribution in [0.25, 0.3) is 0 Å². The molecular formula is C32H40N2O2. The number of rotatable bonds is 9. The summed E-state index contributed by atoms with van der Waals surface area (Å²) in [7, 11) is 0. The fourth-order valence-corrected chi connectivity index (χ4v) is 4.80. The number of ether oxygens (including phenoxy) is 1. The van der Waals surface area contributed by atoms with Crippen LogP contribution in [0.3, 0.4) is 0 Å². The highest BCUT2D eigenvalue weighted by Crippen LogP contribution is 2.24. The van der Waals surface area contributed by atoms with E-state index in [-0.39, 0.29) is 11.3 Å². The number of benzene rings is 3. The third-order valence-corrected chi connectivity index (χ3v) is 7.07. The van der Waals surface area contributed by atoms with Crippen LogP contribution in [-0.4, -0.2) is 37.0 Å². The van der Waals surface area contributed by atoms with Crippen molar-refractivity contribution in [2.45, 2.75) is 52.0 Å². The lowest BCUT2D eigenvalue weighted by atomic mass is 9.87. The van der Waals surface area contributed by atoms with Crippen LogP contribution in [-0.2, 0) is 18.4 Å². The Bertz CT molecular complexity index is 1080. The molecule has 0 aromatic heterocycles. The van der Waals surface area contributed by atoms with Crippen molar-refractivity contribution in [3.63, 3.8) is 0 Å². The summed E-state index contributed by atoms with van der Waals surface area (Å²) in [6.07, 6.45) is 3.68. The molecule has 0 atom stereocenters. The van der Waals surface area contributed by atoms with Crippen molar-refractivity contribution in [2.24, 2.45) is 5.92 Å². The molecule has 4 heteroatoms. The summed E-state index contributed by atoms with van der Waals surface area (Å²) in [4.78, 5) is 15.1. The fraction of sp³-hybridized carbons (Fsp3) is 0.406. The van der Waals surface area contributed by atoms with Crippen molar-refractivity contribution < 1.29 is 9.53 Å². The minimum absolute atomic E-state index is 0.0602. The molecule has 0 radical (unpaired) electrons. The first-order valence-electron chi connectivity index (χ1n) is 13.2. The molecule has 190 valence electrons. The second-order valence-electron chi connectivity index (χ2n) is 11.0. The van der Waals surface area contributed by atoms with Crippen molar-refractivity contribution in [3.05, 3.63) is 101 Å². The normalized spacial score (nSPS) is 15.0. The van der Waals surface area contributed by atoms with Gasteiger partial charge in [0, 0.05) is 12.1 Å². The average molecular weight is 485 g/mol. The molecule has 1 heterocycles. The molecule has 0 unspecified atom stereocenters. The van der Waals surface area contributed by atoms with E-state index >= 15 is 0 Å². The number of hydrogen-bond acceptors (Lipinski definition) is 3. The summed E-state index contributed by atoms with van der Waals surface area (Å²) >= 11 is 0. The Morgan fingerprint density at radius 1 is 0.889 bits per heavy atom. The number of amides is 1. The van der Waals surface area contributed by atoms with Gasteiger partial charge < -0.3 is 10.1 Å². The SMILES string of the molecule is CC(C)(C)c1ccc(OCCNC(=O)c2ccc(CN3CCC(Cc4ccccc4)CC3)cc2)cc1. The van der Waals surface area contributed by atoms with Crippen LogP contribution in [0.1, 0.15) is 60.7 Å². The Morgan fingerprint density at radius 3 is 2.19 bits per heavy atom. The van der Waals surface area contributed by atoms with Crippen molar-refractivity contribution >= 4 is 5.91 Å². The van der Waals surface area contributed by atoms with Crippen LogP contribution in [0, 0.1) is 5.92 Å². The molecule has 36 heavy (non-hydrogen) atoms. The summed E-state index contributed by atoms with van der Waals surface area (Å²) in [5, 5.41) is 2.96. The third kappa shape index (κ3) is 7.69. The van der Waals surface area contributed by atoms with Gasteiger partial charge in [-0.15, -0.1) is 0 Å². The predicted molar refractivity (Wildman–Crippen MR) is 148 cm³/mol. The van der Waals surface area contributed by atoms with Crippen molar-refractivity contribution in [1.29, 1.82) is 0 Å². The molecule has 0 bridgehead atoms. The Morgan fingerprint density at radius 2 is 1.56 bits per heavy atom. The van der Waals surface area contributed by atoms with Gasteiger partial charge in [0.2, 0.25) is 0 Å². The molecule has 1 saturated heterocycles. The molecular weight excluding hydrogens is 444 g/mol. The van der Waals surface area contributed by atoms with Crippen LogP contribution >= 0.6 is 0 Å². The fourth-order valence-electron chi connectivity index (χ4n) is 4.80. The number of carbonyl (C=O) groups excluding carboxylic acids is 1. The maximum Gasteiger partial charge on any atom is 0.251 e. The Kier molecular flexibility index (Phi) is 8.82. The van der Waals surface area contributed by atoms with Gasteiger partial charge >= 0.3 is 0 Å². The number of carbonyl (C=O) groups is 1. The zero-order chi connectivity index (χ0) is 25.4. The van der Waals surface area contributed by atoms with E-state index in [4.69, 9.17) is 4.74 Å². The highest BCUT2D eigenvalue weighted by Gasteiger charge is 2.19. The first kappa shape index (κ1) is 26.0. The summed E-state index contributed by atoms with van der Waals surface area (Å²) in [5.41, 5.74) is 4.80. The lowest BCUT2D eigenvalue weighted by Crippen LogP contribution is -2.33. The highest BCUT2D eigenvalue weighted by molar-refractivity contribution is 5.94. The lowest BCUT2D eigenvalue weighted by Gasteiger charge is -2.32. The van der Waals surface area contributed by atoms with Gasteiger partial charge in [-0.3, -0.25) is 9.69 Å². The van der Waals surface area contributed by atoms with Gasteiger partial charge in [-0.2, -0.15) is 0 Å². The molecule has 1 fully saturated rings. The van der Waals surface area contributed by atoms with Crippen LogP contribution in [0.2, 0.25) is 0 Å². The Balaban J connectivity index is 1.15. The van der Waals surface area contributed by atoms with Crippen LogP contribution in [0.4, 0.5) is 0 Å². The predicted octanol–water partition coefficient (Wildman–Crippen LogP) is 6.25. The van der Waals surface area contributed by atoms with Gasteiger partial charge in [0.1, 0.15) is 12.4 Å². The van der Waals surface area contributed by atoms with Gasteiger partial charge in [-0.25, -0.2) is 0 Å². The molecule has 0 saturated carbocycles. The minimum atomic E-state index is -0.0602. The van der Waals surface area contributed by atoms with Crippen molar-refractivity contribution in [2.75, 3.05) is 26.2 Å². The molecule has 1 N–H and O–H groups in total. The van der Waals surface area contributed by atoms with E-state index in [1.165, 1.54) is 36.0 Å². The van der Waals surface area contributed by atoms with Crippen LogP contribution < -0.4 is 10.1 Å². The summed E-state index contributed by atoms with van der Waals surface area (Å²) in [5.74, 6) is 1.54. The standard InChI is InChI=1S/C32H40N2O2/c1-32(2,3)29-13-15-30(16-14-29)36-22-19-33-31(35)28-11-9-27(10-12-28)24-34-20-17-26(18-21-34)23-25-7-5-4-6-8-25/h4-16,26H,17-24H2,1-3H3,(H,33,35). The summed E-state index contributed by atoms with van der Waals surface area (Å²) < 4.78 is 5.78. The maximum atomic E-state index is 12.5. The van der Waals surface area contributed by atoms with E-state index in [0.29, 0.717) is 18.7 Å². The topological polar surface area (TPSA) is 41.6 Å². The number of hydrogen-bond donors (Lipinski definition) is 1. The van der Waals surface area contributed by atoms with Crippen molar-refractivity contribution in [3.8, 4) is 5.75 Å². The summed E-state index contributed by atoms with van der Waals surface area (Å²) in [6.45, 7) is 10.7. The van der Waals surface area contributed by atoms with Gasteiger partial charge in [-0.05, 0) is 84.6 Å². The zero-order valence-corrected chi connectivity index (χ0v) is 22.0. The van der Waals surface area contributed by atoms with E-state index in [0.717, 1.165) is 31.3 Å². The molecule has 1 amide bonds. The molecule has 4 nitrogen and oxygen atoms in total. The highest BCUT2D eigenvalue weighted by atomic mass is 16.5. The second-order valence-corrected chi connectivity index (χ2v) is 11.0. The van der Waals surface area contributed by atoms with E-state index in [1.54, 1.807) is 0 Å². The Hall–Kier alpha value is -3.11. The number of nitrogens with zero attached hydrogens (tertiary/aromatic N) is 1. The molecule has 0 aliphatic carbocycles.